The van der Waals surface area contributed by atoms with Gasteiger partial charge in [0.05, 0.1) is 12.0 Å². The second-order valence-electron chi connectivity index (χ2n) is 5.87. The third-order valence-electron chi connectivity index (χ3n) is 3.73. The Labute approximate surface area is 166 Å². The summed E-state index contributed by atoms with van der Waals surface area (Å²) in [6.07, 6.45) is 1.61. The van der Waals surface area contributed by atoms with Crippen LogP contribution in [0.5, 0.6) is 0 Å². The molecule has 0 bridgehead atoms. The van der Waals surface area contributed by atoms with Crippen molar-refractivity contribution in [2.75, 3.05) is 5.75 Å². The molecule has 2 aromatic carbocycles. The second-order valence-corrected chi connectivity index (χ2v) is 7.25. The Balaban J connectivity index is 1.55. The van der Waals surface area contributed by atoms with E-state index in [1.54, 1.807) is 12.3 Å². The number of nitrogens with zero attached hydrogens (tertiary/aromatic N) is 4. The van der Waals surface area contributed by atoms with Gasteiger partial charge in [-0.15, -0.1) is 10.2 Å². The maximum atomic E-state index is 12.0. The molecule has 1 amide bonds. The minimum absolute atomic E-state index is 0.187. The summed E-state index contributed by atoms with van der Waals surface area (Å²) in [6, 6.07) is 15.3. The van der Waals surface area contributed by atoms with Crippen LogP contribution in [0.3, 0.4) is 0 Å². The molecule has 1 N–H and O–H groups in total. The highest BCUT2D eigenvalue weighted by atomic mass is 35.5. The molecule has 0 aliphatic rings. The van der Waals surface area contributed by atoms with Crippen molar-refractivity contribution in [2.45, 2.75) is 12.1 Å². The number of hydrazone groups is 1. The first-order valence-electron chi connectivity index (χ1n) is 8.19. The zero-order valence-corrected chi connectivity index (χ0v) is 16.5. The second kappa shape index (κ2) is 8.83. The molecular weight excluding hydrogens is 382 g/mol. The number of halogens is 1. The lowest BCUT2D eigenvalue weighted by Crippen LogP contribution is -2.19. The third-order valence-corrected chi connectivity index (χ3v) is 4.99. The maximum absolute atomic E-state index is 12.0. The first kappa shape index (κ1) is 19.1. The summed E-state index contributed by atoms with van der Waals surface area (Å²) in [4.78, 5) is 12.0. The lowest BCUT2D eigenvalue weighted by Gasteiger charge is -2.04. The van der Waals surface area contributed by atoms with Crippen molar-refractivity contribution in [1.29, 1.82) is 0 Å². The fraction of sp³-hybridized carbons (Fsp3) is 0.158. The van der Waals surface area contributed by atoms with E-state index in [-0.39, 0.29) is 11.7 Å². The summed E-state index contributed by atoms with van der Waals surface area (Å²) < 4.78 is 1.83. The van der Waals surface area contributed by atoms with Gasteiger partial charge in [0.1, 0.15) is 0 Å². The molecule has 0 unspecified atom stereocenters. The Kier molecular flexibility index (Phi) is 6.26. The summed E-state index contributed by atoms with van der Waals surface area (Å²) in [5.41, 5.74) is 5.49. The molecule has 0 atom stereocenters. The summed E-state index contributed by atoms with van der Waals surface area (Å²) in [7, 11) is 1.85. The molecule has 3 aromatic rings. The van der Waals surface area contributed by atoms with Crippen LogP contribution in [-0.2, 0) is 11.8 Å². The van der Waals surface area contributed by atoms with Crippen LogP contribution in [0.4, 0.5) is 0 Å². The van der Waals surface area contributed by atoms with E-state index in [1.807, 2.05) is 61.0 Å². The molecule has 27 heavy (non-hydrogen) atoms. The molecule has 138 valence electrons. The van der Waals surface area contributed by atoms with E-state index in [1.165, 1.54) is 17.3 Å². The average molecular weight is 400 g/mol. The fourth-order valence-electron chi connectivity index (χ4n) is 2.31. The molecule has 1 heterocycles. The van der Waals surface area contributed by atoms with Gasteiger partial charge < -0.3 is 4.57 Å². The van der Waals surface area contributed by atoms with Gasteiger partial charge in [-0.25, -0.2) is 5.43 Å². The molecule has 8 heteroatoms. The number of benzene rings is 2. The molecule has 1 aromatic heterocycles. The number of hydrogen-bond donors (Lipinski definition) is 1. The lowest BCUT2D eigenvalue weighted by atomic mass is 10.2. The van der Waals surface area contributed by atoms with Crippen LogP contribution in [0.1, 0.15) is 11.1 Å². The van der Waals surface area contributed by atoms with E-state index in [9.17, 15) is 4.79 Å². The van der Waals surface area contributed by atoms with Gasteiger partial charge in [-0.05, 0) is 24.6 Å². The summed E-state index contributed by atoms with van der Waals surface area (Å²) in [5, 5.41) is 13.6. The molecule has 0 aliphatic carbocycles. The number of carbonyl (C=O) groups is 1. The smallest absolute Gasteiger partial charge is 0.250 e. The number of aromatic nitrogens is 3. The molecular formula is C19H18ClN5OS. The van der Waals surface area contributed by atoms with Crippen molar-refractivity contribution >= 4 is 35.5 Å². The van der Waals surface area contributed by atoms with Crippen LogP contribution >= 0.6 is 23.4 Å². The van der Waals surface area contributed by atoms with Gasteiger partial charge in [0, 0.05) is 17.6 Å². The van der Waals surface area contributed by atoms with Gasteiger partial charge in [-0.1, -0.05) is 65.3 Å². The van der Waals surface area contributed by atoms with Gasteiger partial charge in [0.2, 0.25) is 0 Å². The molecule has 6 nitrogen and oxygen atoms in total. The predicted octanol–water partition coefficient (Wildman–Crippen LogP) is 3.69. The molecule has 0 radical (unpaired) electrons. The first-order chi connectivity index (χ1) is 13.0. The van der Waals surface area contributed by atoms with Gasteiger partial charge in [-0.3, -0.25) is 4.79 Å². The molecule has 3 rings (SSSR count). The highest BCUT2D eigenvalue weighted by molar-refractivity contribution is 7.99. The minimum atomic E-state index is -0.212. The van der Waals surface area contributed by atoms with Crippen molar-refractivity contribution in [3.63, 3.8) is 0 Å². The van der Waals surface area contributed by atoms with E-state index in [0.717, 1.165) is 11.1 Å². The molecule has 0 saturated carbocycles. The Morgan fingerprint density at radius 2 is 2.04 bits per heavy atom. The van der Waals surface area contributed by atoms with Crippen molar-refractivity contribution in [2.24, 2.45) is 12.1 Å². The third kappa shape index (κ3) is 5.18. The highest BCUT2D eigenvalue weighted by Gasteiger charge is 2.13. The Hall–Kier alpha value is -2.64. The van der Waals surface area contributed by atoms with Crippen LogP contribution in [0.25, 0.3) is 11.4 Å². The number of hydrogen-bond acceptors (Lipinski definition) is 5. The number of carbonyl (C=O) groups excluding carboxylic acids is 1. The highest BCUT2D eigenvalue weighted by Crippen LogP contribution is 2.24. The first-order valence-corrected chi connectivity index (χ1v) is 9.56. The maximum Gasteiger partial charge on any atom is 0.250 e. The van der Waals surface area contributed by atoms with Crippen LogP contribution in [0, 0.1) is 6.92 Å². The van der Waals surface area contributed by atoms with Gasteiger partial charge in [0.15, 0.2) is 11.0 Å². The number of thioether (sulfide) groups is 1. The number of aryl methyl sites for hydroxylation is 1. The topological polar surface area (TPSA) is 72.2 Å². The number of nitrogens with one attached hydrogen (secondary N) is 1. The van der Waals surface area contributed by atoms with E-state index in [0.29, 0.717) is 16.0 Å². The standard InChI is InChI=1S/C19H18ClN5OS/c1-13-6-8-14(9-7-13)11-21-22-17(26)12-27-19-24-23-18(25(19)2)15-4-3-5-16(20)10-15/h3-11H,12H2,1-2H3,(H,22,26)/b21-11+. The fourth-order valence-corrected chi connectivity index (χ4v) is 3.21. The molecule has 0 saturated heterocycles. The van der Waals surface area contributed by atoms with Crippen molar-refractivity contribution < 1.29 is 4.79 Å². The van der Waals surface area contributed by atoms with Crippen LogP contribution in [-0.4, -0.2) is 32.6 Å². The Bertz CT molecular complexity index is 968. The van der Waals surface area contributed by atoms with E-state index < -0.39 is 0 Å². The van der Waals surface area contributed by atoms with E-state index in [4.69, 9.17) is 11.6 Å². The Morgan fingerprint density at radius 3 is 2.78 bits per heavy atom. The predicted molar refractivity (Wildman–Crippen MR) is 109 cm³/mol. The van der Waals surface area contributed by atoms with Crippen LogP contribution < -0.4 is 5.43 Å². The normalized spacial score (nSPS) is 11.1. The zero-order chi connectivity index (χ0) is 19.2. The van der Waals surface area contributed by atoms with Crippen LogP contribution in [0.2, 0.25) is 5.02 Å². The van der Waals surface area contributed by atoms with Crippen molar-refractivity contribution in [3.8, 4) is 11.4 Å². The van der Waals surface area contributed by atoms with E-state index in [2.05, 4.69) is 20.7 Å². The number of rotatable bonds is 6. The molecule has 0 aliphatic heterocycles. The lowest BCUT2D eigenvalue weighted by molar-refractivity contribution is -0.118. The van der Waals surface area contributed by atoms with E-state index >= 15 is 0 Å². The van der Waals surface area contributed by atoms with Crippen molar-refractivity contribution in [3.05, 3.63) is 64.7 Å². The summed E-state index contributed by atoms with van der Waals surface area (Å²) in [6.45, 7) is 2.02. The minimum Gasteiger partial charge on any atom is -0.305 e. The van der Waals surface area contributed by atoms with Crippen molar-refractivity contribution in [1.82, 2.24) is 20.2 Å². The molecule has 0 fully saturated rings. The van der Waals surface area contributed by atoms with Gasteiger partial charge in [-0.2, -0.15) is 5.10 Å². The van der Waals surface area contributed by atoms with Gasteiger partial charge in [0.25, 0.3) is 5.91 Å². The largest absolute Gasteiger partial charge is 0.305 e. The Morgan fingerprint density at radius 1 is 1.26 bits per heavy atom. The number of amides is 1. The van der Waals surface area contributed by atoms with Crippen LogP contribution in [0.15, 0.2) is 58.8 Å². The summed E-state index contributed by atoms with van der Waals surface area (Å²) in [5.74, 6) is 0.667. The average Bonchev–Trinajstić information content (AvgIpc) is 3.02. The zero-order valence-electron chi connectivity index (χ0n) is 14.9. The summed E-state index contributed by atoms with van der Waals surface area (Å²) >= 11 is 7.32. The van der Waals surface area contributed by atoms with Gasteiger partial charge >= 0.3 is 0 Å². The SMILES string of the molecule is Cc1ccc(/C=N/NC(=O)CSc2nnc(-c3cccc(Cl)c3)n2C)cc1. The molecule has 0 spiro atoms. The monoisotopic (exact) mass is 399 g/mol. The quantitative estimate of drug-likeness (QED) is 0.390.